The highest BCUT2D eigenvalue weighted by Gasteiger charge is 2.19. The van der Waals surface area contributed by atoms with Crippen LogP contribution in [-0.4, -0.2) is 58.5 Å². The number of piperazine rings is 1. The molecule has 1 fully saturated rings. The smallest absolute Gasteiger partial charge is 0.262 e. The molecule has 1 aliphatic heterocycles. The molecule has 7 heteroatoms. The summed E-state index contributed by atoms with van der Waals surface area (Å²) < 4.78 is 1.84. The van der Waals surface area contributed by atoms with E-state index in [2.05, 4.69) is 16.9 Å². The molecule has 1 amide bonds. The van der Waals surface area contributed by atoms with E-state index >= 15 is 0 Å². The van der Waals surface area contributed by atoms with E-state index in [-0.39, 0.29) is 11.5 Å². The fourth-order valence-electron chi connectivity index (χ4n) is 2.82. The zero-order valence-corrected chi connectivity index (χ0v) is 13.9. The molecule has 0 radical (unpaired) electrons. The fourth-order valence-corrected chi connectivity index (χ4v) is 3.11. The summed E-state index contributed by atoms with van der Waals surface area (Å²) >= 11 is 5.27. The van der Waals surface area contributed by atoms with Crippen LogP contribution >= 0.6 is 12.2 Å². The van der Waals surface area contributed by atoms with E-state index in [1.807, 2.05) is 23.1 Å². The van der Waals surface area contributed by atoms with Crippen LogP contribution in [0.2, 0.25) is 0 Å². The second-order valence-electron chi connectivity index (χ2n) is 5.87. The summed E-state index contributed by atoms with van der Waals surface area (Å²) in [5, 5.41) is 0.591. The monoisotopic (exact) mass is 332 g/mol. The molecule has 1 aromatic heterocycles. The minimum atomic E-state index is -0.143. The van der Waals surface area contributed by atoms with Crippen molar-refractivity contribution in [3.8, 4) is 0 Å². The van der Waals surface area contributed by atoms with Gasteiger partial charge in [0.15, 0.2) is 4.77 Å². The van der Waals surface area contributed by atoms with Crippen molar-refractivity contribution in [2.75, 3.05) is 33.2 Å². The van der Waals surface area contributed by atoms with E-state index in [9.17, 15) is 9.59 Å². The highest BCUT2D eigenvalue weighted by atomic mass is 32.1. The predicted octanol–water partition coefficient (Wildman–Crippen LogP) is 1.22. The lowest BCUT2D eigenvalue weighted by molar-refractivity contribution is -0.133. The van der Waals surface area contributed by atoms with Crippen LogP contribution in [0.1, 0.15) is 6.42 Å². The first kappa shape index (κ1) is 15.9. The maximum absolute atomic E-state index is 12.5. The van der Waals surface area contributed by atoms with Crippen LogP contribution in [0.25, 0.3) is 10.9 Å². The average molecular weight is 332 g/mol. The van der Waals surface area contributed by atoms with Crippen molar-refractivity contribution in [1.82, 2.24) is 19.4 Å². The highest BCUT2D eigenvalue weighted by molar-refractivity contribution is 7.71. The molecule has 0 aliphatic carbocycles. The van der Waals surface area contributed by atoms with Gasteiger partial charge in [-0.1, -0.05) is 12.1 Å². The number of amides is 1. The summed E-state index contributed by atoms with van der Waals surface area (Å²) in [4.78, 5) is 32.0. The Kier molecular flexibility index (Phi) is 4.58. The molecule has 0 unspecified atom stereocenters. The normalized spacial score (nSPS) is 16.0. The van der Waals surface area contributed by atoms with Crippen molar-refractivity contribution >= 4 is 29.0 Å². The molecule has 1 aliphatic rings. The van der Waals surface area contributed by atoms with E-state index < -0.39 is 0 Å². The first-order valence-corrected chi connectivity index (χ1v) is 8.15. The van der Waals surface area contributed by atoms with Crippen LogP contribution in [0, 0.1) is 4.77 Å². The zero-order valence-electron chi connectivity index (χ0n) is 13.1. The Morgan fingerprint density at radius 3 is 2.65 bits per heavy atom. The number of rotatable bonds is 3. The molecule has 122 valence electrons. The van der Waals surface area contributed by atoms with Crippen molar-refractivity contribution < 1.29 is 4.79 Å². The molecule has 0 saturated carbocycles. The van der Waals surface area contributed by atoms with Crippen molar-refractivity contribution in [3.63, 3.8) is 0 Å². The number of aromatic amines is 1. The summed E-state index contributed by atoms with van der Waals surface area (Å²) in [6, 6.07) is 7.27. The second kappa shape index (κ2) is 6.64. The van der Waals surface area contributed by atoms with Gasteiger partial charge in [0.2, 0.25) is 5.91 Å². The third-order valence-electron chi connectivity index (χ3n) is 4.29. The number of benzene rings is 1. The van der Waals surface area contributed by atoms with Gasteiger partial charge in [-0.05, 0) is 31.4 Å². The quantitative estimate of drug-likeness (QED) is 0.859. The molecule has 1 aromatic carbocycles. The van der Waals surface area contributed by atoms with Crippen LogP contribution in [0.5, 0.6) is 0 Å². The molecule has 0 spiro atoms. The maximum atomic E-state index is 12.5. The lowest BCUT2D eigenvalue weighted by Crippen LogP contribution is -2.47. The van der Waals surface area contributed by atoms with Crippen LogP contribution in [-0.2, 0) is 11.3 Å². The van der Waals surface area contributed by atoms with E-state index in [1.165, 1.54) is 4.57 Å². The third-order valence-corrected chi connectivity index (χ3v) is 4.62. The fraction of sp³-hybridized carbons (Fsp3) is 0.438. The number of para-hydroxylation sites is 1. The molecular weight excluding hydrogens is 312 g/mol. The minimum absolute atomic E-state index is 0.0764. The Labute approximate surface area is 139 Å². The van der Waals surface area contributed by atoms with Gasteiger partial charge in [0.1, 0.15) is 0 Å². The largest absolute Gasteiger partial charge is 0.340 e. The summed E-state index contributed by atoms with van der Waals surface area (Å²) in [5.41, 5.74) is 0.583. The number of carbonyl (C=O) groups is 1. The number of H-pyrrole nitrogens is 1. The molecule has 0 atom stereocenters. The SMILES string of the molecule is CN1CCN(C(=O)CCn2c(=S)[nH]c3ccccc3c2=O)CC1. The number of hydrogen-bond donors (Lipinski definition) is 1. The van der Waals surface area contributed by atoms with Crippen LogP contribution < -0.4 is 5.56 Å². The van der Waals surface area contributed by atoms with Crippen LogP contribution in [0.4, 0.5) is 0 Å². The number of hydrogen-bond acceptors (Lipinski definition) is 4. The number of nitrogens with zero attached hydrogens (tertiary/aromatic N) is 3. The molecule has 2 aromatic rings. The Morgan fingerprint density at radius 1 is 1.22 bits per heavy atom. The number of fused-ring (bicyclic) bond motifs is 1. The molecule has 23 heavy (non-hydrogen) atoms. The van der Waals surface area contributed by atoms with Gasteiger partial charge in [-0.25, -0.2) is 0 Å². The molecule has 3 rings (SSSR count). The van der Waals surface area contributed by atoms with Gasteiger partial charge in [0.25, 0.3) is 5.56 Å². The van der Waals surface area contributed by atoms with Crippen molar-refractivity contribution in [1.29, 1.82) is 0 Å². The van der Waals surface area contributed by atoms with E-state index in [4.69, 9.17) is 12.2 Å². The Balaban J connectivity index is 1.76. The summed E-state index contributed by atoms with van der Waals surface area (Å²) in [7, 11) is 2.05. The molecule has 1 saturated heterocycles. The molecule has 6 nitrogen and oxygen atoms in total. The van der Waals surface area contributed by atoms with Gasteiger partial charge >= 0.3 is 0 Å². The maximum Gasteiger partial charge on any atom is 0.262 e. The zero-order chi connectivity index (χ0) is 16.4. The second-order valence-corrected chi connectivity index (χ2v) is 6.25. The Hall–Kier alpha value is -1.99. The minimum Gasteiger partial charge on any atom is -0.340 e. The van der Waals surface area contributed by atoms with Gasteiger partial charge in [-0.15, -0.1) is 0 Å². The van der Waals surface area contributed by atoms with E-state index in [0.717, 1.165) is 31.7 Å². The molecule has 0 bridgehead atoms. The molecule has 1 N–H and O–H groups in total. The Bertz CT molecular complexity index is 834. The summed E-state index contributed by atoms with van der Waals surface area (Å²) in [5.74, 6) is 0.0764. The summed E-state index contributed by atoms with van der Waals surface area (Å²) in [6.07, 6.45) is 0.291. The topological polar surface area (TPSA) is 61.3 Å². The number of aromatic nitrogens is 2. The standard InChI is InChI=1S/C16H20N4O2S/c1-18-8-10-19(11-9-18)14(21)6-7-20-15(22)12-4-2-3-5-13(12)17-16(20)23/h2-5H,6-11H2,1H3,(H,17,23). The summed E-state index contributed by atoms with van der Waals surface area (Å²) in [6.45, 7) is 3.58. The van der Waals surface area contributed by atoms with Crippen molar-refractivity contribution in [3.05, 3.63) is 39.4 Å². The predicted molar refractivity (Wildman–Crippen MR) is 92.1 cm³/mol. The first-order valence-electron chi connectivity index (χ1n) is 7.74. The molecular formula is C16H20N4O2S. The van der Waals surface area contributed by atoms with Gasteiger partial charge < -0.3 is 14.8 Å². The van der Waals surface area contributed by atoms with Crippen LogP contribution in [0.15, 0.2) is 29.1 Å². The van der Waals surface area contributed by atoms with E-state index in [1.54, 1.807) is 6.07 Å². The number of carbonyl (C=O) groups excluding carboxylic acids is 1. The van der Waals surface area contributed by atoms with Crippen molar-refractivity contribution in [2.24, 2.45) is 0 Å². The van der Waals surface area contributed by atoms with Gasteiger partial charge in [0.05, 0.1) is 10.9 Å². The molecule has 2 heterocycles. The van der Waals surface area contributed by atoms with Gasteiger partial charge in [0, 0.05) is 39.1 Å². The number of likely N-dealkylation sites (N-methyl/N-ethyl adjacent to an activating group) is 1. The van der Waals surface area contributed by atoms with E-state index in [0.29, 0.717) is 23.1 Å². The first-order chi connectivity index (χ1) is 11.1. The highest BCUT2D eigenvalue weighted by Crippen LogP contribution is 2.07. The van der Waals surface area contributed by atoms with Gasteiger partial charge in [-0.3, -0.25) is 14.2 Å². The van der Waals surface area contributed by atoms with Crippen LogP contribution in [0.3, 0.4) is 0 Å². The average Bonchev–Trinajstić information content (AvgIpc) is 2.55. The van der Waals surface area contributed by atoms with Gasteiger partial charge in [-0.2, -0.15) is 0 Å². The lowest BCUT2D eigenvalue weighted by Gasteiger charge is -2.32. The van der Waals surface area contributed by atoms with Crippen molar-refractivity contribution in [2.45, 2.75) is 13.0 Å². The third kappa shape index (κ3) is 3.35. The number of nitrogens with one attached hydrogen (secondary N) is 1. The lowest BCUT2D eigenvalue weighted by atomic mass is 10.2. The Morgan fingerprint density at radius 2 is 1.91 bits per heavy atom.